The summed E-state index contributed by atoms with van der Waals surface area (Å²) in [5.41, 5.74) is 0.928. The molecule has 0 bridgehead atoms. The fourth-order valence-electron chi connectivity index (χ4n) is 1.49. The Labute approximate surface area is 84.9 Å². The smallest absolute Gasteiger partial charge is 0.227 e. The number of hydrogen-bond acceptors (Lipinski definition) is 2. The molecule has 1 aliphatic rings. The third-order valence-electron chi connectivity index (χ3n) is 2.12. The maximum Gasteiger partial charge on any atom is 0.227 e. The molecule has 0 aromatic carbocycles. The van der Waals surface area contributed by atoms with Crippen molar-refractivity contribution in [3.05, 3.63) is 22.9 Å². The molecule has 1 fully saturated rings. The maximum absolute atomic E-state index is 11.4. The summed E-state index contributed by atoms with van der Waals surface area (Å²) in [6, 6.07) is 1.85. The van der Waals surface area contributed by atoms with Crippen LogP contribution in [0, 0.1) is 0 Å². The summed E-state index contributed by atoms with van der Waals surface area (Å²) >= 11 is 3.38. The molecule has 0 atom stereocenters. The van der Waals surface area contributed by atoms with Gasteiger partial charge in [0.1, 0.15) is 0 Å². The van der Waals surface area contributed by atoms with E-state index in [2.05, 4.69) is 20.9 Å². The van der Waals surface area contributed by atoms with Crippen LogP contribution in [0.3, 0.4) is 0 Å². The number of rotatable bonds is 1. The molecule has 0 unspecified atom stereocenters. The van der Waals surface area contributed by atoms with Gasteiger partial charge in [0.15, 0.2) is 0 Å². The Morgan fingerprint density at radius 2 is 2.38 bits per heavy atom. The fraction of sp³-hybridized carbons (Fsp3) is 0.333. The van der Waals surface area contributed by atoms with Gasteiger partial charge in [-0.15, -0.1) is 0 Å². The number of hydrogen-bond donors (Lipinski definition) is 0. The van der Waals surface area contributed by atoms with E-state index in [0.29, 0.717) is 6.42 Å². The van der Waals surface area contributed by atoms with Crippen LogP contribution >= 0.6 is 15.9 Å². The lowest BCUT2D eigenvalue weighted by Gasteiger charge is -2.16. The Hall–Kier alpha value is -0.900. The summed E-state index contributed by atoms with van der Waals surface area (Å²) in [5, 5.41) is 0. The second kappa shape index (κ2) is 3.46. The molecular weight excluding hydrogens is 232 g/mol. The molecule has 13 heavy (non-hydrogen) atoms. The monoisotopic (exact) mass is 240 g/mol. The molecule has 3 nitrogen and oxygen atoms in total. The highest BCUT2D eigenvalue weighted by Crippen LogP contribution is 2.28. The summed E-state index contributed by atoms with van der Waals surface area (Å²) in [5.74, 6) is 0.201. The minimum absolute atomic E-state index is 0.201. The van der Waals surface area contributed by atoms with Crippen LogP contribution in [0.25, 0.3) is 0 Å². The third-order valence-corrected chi connectivity index (χ3v) is 2.73. The number of carbonyl (C=O) groups excluding carboxylic acids is 1. The largest absolute Gasteiger partial charge is 0.311 e. The van der Waals surface area contributed by atoms with Crippen LogP contribution in [0.15, 0.2) is 22.9 Å². The van der Waals surface area contributed by atoms with Crippen LogP contribution in [0.1, 0.15) is 12.8 Å². The zero-order chi connectivity index (χ0) is 9.26. The number of anilines is 1. The standard InChI is InChI=1S/C9H9BrN2O/c10-7-6-11-4-3-8(7)12-5-1-2-9(12)13/h3-4,6H,1-2,5H2. The Morgan fingerprint density at radius 1 is 1.54 bits per heavy atom. The molecule has 1 aromatic heterocycles. The lowest BCUT2D eigenvalue weighted by molar-refractivity contribution is -0.117. The van der Waals surface area contributed by atoms with Crippen molar-refractivity contribution < 1.29 is 4.79 Å². The Balaban J connectivity index is 2.34. The van der Waals surface area contributed by atoms with Crippen LogP contribution in [-0.2, 0) is 4.79 Å². The first-order valence-corrected chi connectivity index (χ1v) is 4.98. The normalized spacial score (nSPS) is 16.7. The zero-order valence-electron chi connectivity index (χ0n) is 7.03. The van der Waals surface area contributed by atoms with Crippen LogP contribution in [0.5, 0.6) is 0 Å². The first-order valence-electron chi connectivity index (χ1n) is 4.19. The van der Waals surface area contributed by atoms with Crippen molar-refractivity contribution in [3.63, 3.8) is 0 Å². The SMILES string of the molecule is O=C1CCCN1c1ccncc1Br. The van der Waals surface area contributed by atoms with E-state index < -0.39 is 0 Å². The summed E-state index contributed by atoms with van der Waals surface area (Å²) < 4.78 is 0.880. The van der Waals surface area contributed by atoms with E-state index in [0.717, 1.165) is 23.1 Å². The van der Waals surface area contributed by atoms with Crippen molar-refractivity contribution in [3.8, 4) is 0 Å². The predicted octanol–water partition coefficient (Wildman–Crippen LogP) is 1.97. The summed E-state index contributed by atoms with van der Waals surface area (Å²) in [7, 11) is 0. The van der Waals surface area contributed by atoms with Crippen LogP contribution in [-0.4, -0.2) is 17.4 Å². The third kappa shape index (κ3) is 1.58. The van der Waals surface area contributed by atoms with E-state index in [1.807, 2.05) is 6.07 Å². The highest BCUT2D eigenvalue weighted by atomic mass is 79.9. The summed E-state index contributed by atoms with van der Waals surface area (Å²) in [4.78, 5) is 17.2. The van der Waals surface area contributed by atoms with Crippen molar-refractivity contribution in [1.82, 2.24) is 4.98 Å². The van der Waals surface area contributed by atoms with Gasteiger partial charge >= 0.3 is 0 Å². The minimum Gasteiger partial charge on any atom is -0.311 e. The molecule has 1 aliphatic heterocycles. The predicted molar refractivity (Wildman–Crippen MR) is 53.5 cm³/mol. The van der Waals surface area contributed by atoms with Gasteiger partial charge in [-0.25, -0.2) is 0 Å². The molecule has 4 heteroatoms. The highest BCUT2D eigenvalue weighted by Gasteiger charge is 2.22. The summed E-state index contributed by atoms with van der Waals surface area (Å²) in [6.07, 6.45) is 5.02. The minimum atomic E-state index is 0.201. The van der Waals surface area contributed by atoms with Gasteiger partial charge in [-0.2, -0.15) is 0 Å². The lowest BCUT2D eigenvalue weighted by atomic mass is 10.3. The quantitative estimate of drug-likeness (QED) is 0.753. The van der Waals surface area contributed by atoms with Gasteiger partial charge in [-0.1, -0.05) is 0 Å². The number of nitrogens with zero attached hydrogens (tertiary/aromatic N) is 2. The molecule has 68 valence electrons. The van der Waals surface area contributed by atoms with E-state index >= 15 is 0 Å². The average Bonchev–Trinajstić information content (AvgIpc) is 2.52. The van der Waals surface area contributed by atoms with Crippen molar-refractivity contribution in [2.75, 3.05) is 11.4 Å². The topological polar surface area (TPSA) is 33.2 Å². The number of halogens is 1. The molecule has 2 heterocycles. The van der Waals surface area contributed by atoms with E-state index in [1.165, 1.54) is 0 Å². The van der Waals surface area contributed by atoms with Crippen molar-refractivity contribution in [2.24, 2.45) is 0 Å². The second-order valence-electron chi connectivity index (χ2n) is 2.98. The average molecular weight is 241 g/mol. The number of amides is 1. The van der Waals surface area contributed by atoms with Crippen molar-refractivity contribution >= 4 is 27.5 Å². The van der Waals surface area contributed by atoms with Crippen LogP contribution in [0.4, 0.5) is 5.69 Å². The van der Waals surface area contributed by atoms with Crippen LogP contribution < -0.4 is 4.90 Å². The van der Waals surface area contributed by atoms with Gasteiger partial charge < -0.3 is 4.90 Å². The second-order valence-corrected chi connectivity index (χ2v) is 3.83. The number of pyridine rings is 1. The molecule has 0 N–H and O–H groups in total. The van der Waals surface area contributed by atoms with Crippen molar-refractivity contribution in [1.29, 1.82) is 0 Å². The van der Waals surface area contributed by atoms with Gasteiger partial charge in [0.05, 0.1) is 10.2 Å². The van der Waals surface area contributed by atoms with E-state index in [9.17, 15) is 4.79 Å². The molecule has 1 amide bonds. The first kappa shape index (κ1) is 8.69. The van der Waals surface area contributed by atoms with E-state index in [4.69, 9.17) is 0 Å². The van der Waals surface area contributed by atoms with Gasteiger partial charge in [0.2, 0.25) is 5.91 Å². The molecule has 1 saturated heterocycles. The zero-order valence-corrected chi connectivity index (χ0v) is 8.62. The Bertz CT molecular complexity index is 340. The molecule has 1 aromatic rings. The maximum atomic E-state index is 11.4. The van der Waals surface area contributed by atoms with Gasteiger partial charge in [0, 0.05) is 25.4 Å². The molecule has 0 radical (unpaired) electrons. The molecular formula is C9H9BrN2O. The Morgan fingerprint density at radius 3 is 3.00 bits per heavy atom. The van der Waals surface area contributed by atoms with Crippen molar-refractivity contribution in [2.45, 2.75) is 12.8 Å². The van der Waals surface area contributed by atoms with Gasteiger partial charge in [0.25, 0.3) is 0 Å². The van der Waals surface area contributed by atoms with Crippen LogP contribution in [0.2, 0.25) is 0 Å². The molecule has 0 aliphatic carbocycles. The van der Waals surface area contributed by atoms with Gasteiger partial charge in [-0.05, 0) is 28.4 Å². The van der Waals surface area contributed by atoms with Gasteiger partial charge in [-0.3, -0.25) is 9.78 Å². The molecule has 2 rings (SSSR count). The number of carbonyl (C=O) groups is 1. The number of aromatic nitrogens is 1. The van der Waals surface area contributed by atoms with E-state index in [1.54, 1.807) is 17.3 Å². The van der Waals surface area contributed by atoms with E-state index in [-0.39, 0.29) is 5.91 Å². The molecule has 0 saturated carbocycles. The summed E-state index contributed by atoms with van der Waals surface area (Å²) in [6.45, 7) is 0.821. The Kier molecular flexibility index (Phi) is 2.31. The lowest BCUT2D eigenvalue weighted by Crippen LogP contribution is -2.23. The first-order chi connectivity index (χ1) is 6.29. The molecule has 0 spiro atoms. The fourth-order valence-corrected chi connectivity index (χ4v) is 1.95. The highest BCUT2D eigenvalue weighted by molar-refractivity contribution is 9.10.